The van der Waals surface area contributed by atoms with Crippen LogP contribution in [0.25, 0.3) is 0 Å². The molecule has 8 heteroatoms. The van der Waals surface area contributed by atoms with Gasteiger partial charge in [0.05, 0.1) is 16.0 Å². The molecular formula is C13H11Cl2F3O3. The molecule has 21 heavy (non-hydrogen) atoms. The van der Waals surface area contributed by atoms with Gasteiger partial charge in [0, 0.05) is 5.56 Å². The number of carboxylic acids is 1. The Morgan fingerprint density at radius 1 is 1.19 bits per heavy atom. The Labute approximate surface area is 128 Å². The summed E-state index contributed by atoms with van der Waals surface area (Å²) in [6, 6.07) is 3.25. The topological polar surface area (TPSA) is 54.4 Å². The van der Waals surface area contributed by atoms with Crippen molar-refractivity contribution in [3.8, 4) is 0 Å². The van der Waals surface area contributed by atoms with Crippen LogP contribution in [-0.4, -0.2) is 23.0 Å². The van der Waals surface area contributed by atoms with Gasteiger partial charge in [0.15, 0.2) is 5.78 Å². The first-order valence-corrected chi connectivity index (χ1v) is 6.48. The van der Waals surface area contributed by atoms with Crippen LogP contribution in [0.2, 0.25) is 10.0 Å². The second-order valence-electron chi connectivity index (χ2n) is 4.72. The van der Waals surface area contributed by atoms with Gasteiger partial charge in [-0.1, -0.05) is 30.1 Å². The molecule has 116 valence electrons. The number of ketones is 1. The Kier molecular flexibility index (Phi) is 4.95. The number of hydrogen-bond acceptors (Lipinski definition) is 2. The van der Waals surface area contributed by atoms with E-state index in [1.807, 2.05) is 0 Å². The van der Waals surface area contributed by atoms with Crippen molar-refractivity contribution < 1.29 is 27.9 Å². The molecule has 0 aromatic heterocycles. The van der Waals surface area contributed by atoms with E-state index in [2.05, 4.69) is 0 Å². The van der Waals surface area contributed by atoms with Crippen molar-refractivity contribution in [2.45, 2.75) is 20.0 Å². The lowest BCUT2D eigenvalue weighted by Gasteiger charge is -2.33. The molecular weight excluding hydrogens is 332 g/mol. The minimum absolute atomic E-state index is 0.0770. The quantitative estimate of drug-likeness (QED) is 0.821. The second kappa shape index (κ2) is 5.85. The monoisotopic (exact) mass is 342 g/mol. The van der Waals surface area contributed by atoms with Gasteiger partial charge in [0.2, 0.25) is 0 Å². The normalized spacial score (nSPS) is 16.1. The number of halogens is 5. The fourth-order valence-corrected chi connectivity index (χ4v) is 2.05. The smallest absolute Gasteiger partial charge is 0.402 e. The molecule has 3 nitrogen and oxygen atoms in total. The van der Waals surface area contributed by atoms with Crippen LogP contribution in [0.3, 0.4) is 0 Å². The first-order valence-electron chi connectivity index (χ1n) is 5.72. The van der Waals surface area contributed by atoms with E-state index in [1.54, 1.807) is 0 Å². The first-order chi connectivity index (χ1) is 9.42. The number of aliphatic carboxylic acids is 1. The molecule has 0 spiro atoms. The van der Waals surface area contributed by atoms with E-state index in [0.29, 0.717) is 6.92 Å². The Morgan fingerprint density at radius 2 is 1.71 bits per heavy atom. The van der Waals surface area contributed by atoms with Crippen molar-refractivity contribution in [2.75, 3.05) is 0 Å². The molecule has 0 aliphatic heterocycles. The lowest BCUT2D eigenvalue weighted by atomic mass is 9.72. The van der Waals surface area contributed by atoms with Crippen molar-refractivity contribution in [3.05, 3.63) is 33.8 Å². The first kappa shape index (κ1) is 17.8. The van der Waals surface area contributed by atoms with Crippen LogP contribution in [0.4, 0.5) is 13.2 Å². The summed E-state index contributed by atoms with van der Waals surface area (Å²) in [7, 11) is 0. The van der Waals surface area contributed by atoms with Crippen molar-refractivity contribution in [2.24, 2.45) is 11.3 Å². The van der Waals surface area contributed by atoms with Crippen LogP contribution < -0.4 is 0 Å². The van der Waals surface area contributed by atoms with E-state index in [4.69, 9.17) is 28.3 Å². The summed E-state index contributed by atoms with van der Waals surface area (Å²) in [6.45, 7) is 1.40. The molecule has 0 saturated heterocycles. The van der Waals surface area contributed by atoms with E-state index in [0.717, 1.165) is 19.1 Å². The lowest BCUT2D eigenvalue weighted by molar-refractivity contribution is -0.217. The number of carboxylic acid groups (broad SMARTS) is 1. The van der Waals surface area contributed by atoms with E-state index < -0.39 is 29.3 Å². The number of carbonyl (C=O) groups excluding carboxylic acids is 1. The summed E-state index contributed by atoms with van der Waals surface area (Å²) >= 11 is 11.3. The average molecular weight is 343 g/mol. The lowest BCUT2D eigenvalue weighted by Crippen LogP contribution is -2.50. The number of benzene rings is 1. The van der Waals surface area contributed by atoms with Crippen molar-refractivity contribution >= 4 is 35.0 Å². The number of Topliss-reactive ketones (excluding diaryl/α,β-unsaturated/α-hetero) is 1. The Balaban J connectivity index is 3.43. The summed E-state index contributed by atoms with van der Waals surface area (Å²) in [5, 5.41) is 8.87. The van der Waals surface area contributed by atoms with Crippen LogP contribution in [0.1, 0.15) is 24.2 Å². The zero-order valence-electron chi connectivity index (χ0n) is 11.0. The maximum atomic E-state index is 13.3. The molecule has 1 aromatic rings. The van der Waals surface area contributed by atoms with Gasteiger partial charge >= 0.3 is 12.1 Å². The highest BCUT2D eigenvalue weighted by atomic mass is 35.5. The predicted molar refractivity (Wildman–Crippen MR) is 71.8 cm³/mol. The minimum atomic E-state index is -5.03. The molecule has 2 unspecified atom stereocenters. The number of hydrogen-bond donors (Lipinski definition) is 1. The van der Waals surface area contributed by atoms with E-state index >= 15 is 0 Å². The largest absolute Gasteiger partial charge is 0.481 e. The molecule has 0 fully saturated rings. The molecule has 2 atom stereocenters. The number of carbonyl (C=O) groups is 2. The summed E-state index contributed by atoms with van der Waals surface area (Å²) in [5.74, 6) is -5.05. The zero-order chi connectivity index (χ0) is 16.6. The highest BCUT2D eigenvalue weighted by Crippen LogP contribution is 2.46. The minimum Gasteiger partial charge on any atom is -0.481 e. The summed E-state index contributed by atoms with van der Waals surface area (Å²) < 4.78 is 39.9. The summed E-state index contributed by atoms with van der Waals surface area (Å²) in [4.78, 5) is 23.2. The van der Waals surface area contributed by atoms with Gasteiger partial charge in [-0.25, -0.2) is 0 Å². The van der Waals surface area contributed by atoms with E-state index in [9.17, 15) is 22.8 Å². The zero-order valence-corrected chi connectivity index (χ0v) is 12.5. The predicted octanol–water partition coefficient (Wildman–Crippen LogP) is 4.47. The summed E-state index contributed by atoms with van der Waals surface area (Å²) in [6.07, 6.45) is -5.03. The molecule has 0 saturated carbocycles. The molecule has 0 aliphatic rings. The van der Waals surface area contributed by atoms with Gasteiger partial charge in [-0.15, -0.1) is 0 Å². The third-order valence-corrected chi connectivity index (χ3v) is 4.22. The third-order valence-electron chi connectivity index (χ3n) is 3.48. The van der Waals surface area contributed by atoms with Crippen LogP contribution in [0, 0.1) is 11.3 Å². The fraction of sp³-hybridized carbons (Fsp3) is 0.385. The Bertz CT molecular complexity index is 587. The van der Waals surface area contributed by atoms with Crippen LogP contribution in [0.5, 0.6) is 0 Å². The van der Waals surface area contributed by atoms with Crippen LogP contribution >= 0.6 is 23.2 Å². The van der Waals surface area contributed by atoms with Gasteiger partial charge in [-0.3, -0.25) is 9.59 Å². The molecule has 1 aromatic carbocycles. The van der Waals surface area contributed by atoms with Crippen molar-refractivity contribution in [1.29, 1.82) is 0 Å². The third kappa shape index (κ3) is 3.16. The second-order valence-corrected chi connectivity index (χ2v) is 5.53. The molecule has 0 amide bonds. The maximum absolute atomic E-state index is 13.3. The molecule has 0 heterocycles. The van der Waals surface area contributed by atoms with Crippen LogP contribution in [-0.2, 0) is 4.79 Å². The standard InChI is InChI=1S/C13H11Cl2F3O3/c1-6(11(20)21)12(2,13(16,17)18)10(19)7-3-4-8(14)9(15)5-7/h3-6H,1-2H3,(H,20,21). The molecule has 1 N–H and O–H groups in total. The van der Waals surface area contributed by atoms with Gasteiger partial charge in [-0.2, -0.15) is 13.2 Å². The van der Waals surface area contributed by atoms with E-state index in [1.165, 1.54) is 6.07 Å². The molecule has 0 aliphatic carbocycles. The highest BCUT2D eigenvalue weighted by molar-refractivity contribution is 6.42. The van der Waals surface area contributed by atoms with Gasteiger partial charge in [0.1, 0.15) is 5.41 Å². The number of alkyl halides is 3. The fourth-order valence-electron chi connectivity index (χ4n) is 1.76. The van der Waals surface area contributed by atoms with Gasteiger partial charge < -0.3 is 5.11 Å². The molecule has 0 radical (unpaired) electrons. The van der Waals surface area contributed by atoms with Crippen LogP contribution in [0.15, 0.2) is 18.2 Å². The van der Waals surface area contributed by atoms with Gasteiger partial charge in [-0.05, 0) is 25.1 Å². The SMILES string of the molecule is CC(C(=O)O)C(C)(C(=O)c1ccc(Cl)c(Cl)c1)C(F)(F)F. The van der Waals surface area contributed by atoms with E-state index in [-0.39, 0.29) is 15.6 Å². The highest BCUT2D eigenvalue weighted by Gasteiger charge is 2.61. The molecule has 1 rings (SSSR count). The molecule has 0 bridgehead atoms. The van der Waals surface area contributed by atoms with Gasteiger partial charge in [0.25, 0.3) is 0 Å². The Morgan fingerprint density at radius 3 is 2.10 bits per heavy atom. The average Bonchev–Trinajstić information content (AvgIpc) is 2.37. The maximum Gasteiger partial charge on any atom is 0.402 e. The number of rotatable bonds is 4. The van der Waals surface area contributed by atoms with Crippen molar-refractivity contribution in [1.82, 2.24) is 0 Å². The van der Waals surface area contributed by atoms with Crippen molar-refractivity contribution in [3.63, 3.8) is 0 Å². The Hall–Kier alpha value is -1.27. The summed E-state index contributed by atoms with van der Waals surface area (Å²) in [5.41, 5.74) is -3.42.